The second-order valence-electron chi connectivity index (χ2n) is 7.52. The molecule has 0 amide bonds. The van der Waals surface area contributed by atoms with Crippen molar-refractivity contribution in [3.8, 4) is 11.5 Å². The molecule has 0 saturated carbocycles. The van der Waals surface area contributed by atoms with Crippen molar-refractivity contribution >= 4 is 11.3 Å². The first-order chi connectivity index (χ1) is 14.7. The van der Waals surface area contributed by atoms with Crippen LogP contribution in [0, 0.1) is 6.92 Å². The first kappa shape index (κ1) is 20.9. The molecule has 0 saturated heterocycles. The Balaban J connectivity index is 1.36. The van der Waals surface area contributed by atoms with Crippen molar-refractivity contribution in [2.45, 2.75) is 32.7 Å². The molecule has 1 unspecified atom stereocenters. The number of hydrogen-bond acceptors (Lipinski definition) is 6. The lowest BCUT2D eigenvalue weighted by molar-refractivity contribution is 0.00728. The number of fused-ring (bicyclic) bond motifs is 1. The molecular weight excluding hydrogens is 398 g/mol. The molecule has 5 nitrogen and oxygen atoms in total. The van der Waals surface area contributed by atoms with E-state index in [1.54, 1.807) is 11.3 Å². The van der Waals surface area contributed by atoms with E-state index in [1.165, 1.54) is 9.75 Å². The van der Waals surface area contributed by atoms with Gasteiger partial charge in [0.25, 0.3) is 0 Å². The molecule has 1 aliphatic rings. The highest BCUT2D eigenvalue weighted by molar-refractivity contribution is 7.11. The van der Waals surface area contributed by atoms with Gasteiger partial charge in [0, 0.05) is 29.4 Å². The molecule has 0 aliphatic carbocycles. The SMILES string of the molecule is Cc1ccc(CN(Cc2ccc3c(c2)OCO3)CC(O)COCc2ccccc2)s1. The molecule has 0 radical (unpaired) electrons. The van der Waals surface area contributed by atoms with E-state index in [9.17, 15) is 5.11 Å². The fraction of sp³-hybridized carbons (Fsp3) is 0.333. The lowest BCUT2D eigenvalue weighted by Crippen LogP contribution is -2.34. The van der Waals surface area contributed by atoms with Crippen molar-refractivity contribution in [1.82, 2.24) is 4.90 Å². The summed E-state index contributed by atoms with van der Waals surface area (Å²) >= 11 is 1.79. The van der Waals surface area contributed by atoms with E-state index >= 15 is 0 Å². The quantitative estimate of drug-likeness (QED) is 0.523. The third kappa shape index (κ3) is 5.83. The molecule has 3 aromatic rings. The molecular formula is C24H27NO4S. The summed E-state index contributed by atoms with van der Waals surface area (Å²) in [5.41, 5.74) is 2.24. The first-order valence-corrected chi connectivity index (χ1v) is 10.9. The van der Waals surface area contributed by atoms with Gasteiger partial charge in [0.15, 0.2) is 11.5 Å². The Hall–Kier alpha value is -2.38. The molecule has 2 heterocycles. The molecule has 2 aromatic carbocycles. The monoisotopic (exact) mass is 425 g/mol. The summed E-state index contributed by atoms with van der Waals surface area (Å²) in [6.45, 7) is 5.21. The van der Waals surface area contributed by atoms with Crippen molar-refractivity contribution in [2.75, 3.05) is 19.9 Å². The molecule has 0 spiro atoms. The van der Waals surface area contributed by atoms with Gasteiger partial charge in [0.2, 0.25) is 6.79 Å². The number of aliphatic hydroxyl groups is 1. The maximum atomic E-state index is 10.6. The molecule has 0 fully saturated rings. The smallest absolute Gasteiger partial charge is 0.231 e. The van der Waals surface area contributed by atoms with Crippen LogP contribution in [0.25, 0.3) is 0 Å². The third-order valence-corrected chi connectivity index (χ3v) is 5.89. The number of rotatable bonds is 10. The van der Waals surface area contributed by atoms with Crippen molar-refractivity contribution in [1.29, 1.82) is 0 Å². The average molecular weight is 426 g/mol. The van der Waals surface area contributed by atoms with Gasteiger partial charge in [-0.15, -0.1) is 11.3 Å². The second-order valence-corrected chi connectivity index (χ2v) is 8.90. The minimum Gasteiger partial charge on any atom is -0.454 e. The fourth-order valence-electron chi connectivity index (χ4n) is 3.51. The van der Waals surface area contributed by atoms with Crippen LogP contribution in [-0.2, 0) is 24.4 Å². The van der Waals surface area contributed by atoms with Crippen LogP contribution in [0.1, 0.15) is 20.9 Å². The lowest BCUT2D eigenvalue weighted by atomic mass is 10.1. The van der Waals surface area contributed by atoms with Gasteiger partial charge >= 0.3 is 0 Å². The van der Waals surface area contributed by atoms with E-state index in [2.05, 4.69) is 30.0 Å². The van der Waals surface area contributed by atoms with Crippen LogP contribution in [0.2, 0.25) is 0 Å². The van der Waals surface area contributed by atoms with Crippen LogP contribution in [0.15, 0.2) is 60.7 Å². The van der Waals surface area contributed by atoms with Gasteiger partial charge in [-0.05, 0) is 42.3 Å². The van der Waals surface area contributed by atoms with Crippen LogP contribution in [-0.4, -0.2) is 36.1 Å². The Bertz CT molecular complexity index is 943. The van der Waals surface area contributed by atoms with Crippen LogP contribution < -0.4 is 9.47 Å². The Kier molecular flexibility index (Phi) is 7.02. The van der Waals surface area contributed by atoms with E-state index in [1.807, 2.05) is 42.5 Å². The van der Waals surface area contributed by atoms with Gasteiger partial charge in [0.1, 0.15) is 0 Å². The number of hydrogen-bond donors (Lipinski definition) is 1. The summed E-state index contributed by atoms with van der Waals surface area (Å²) in [7, 11) is 0. The van der Waals surface area contributed by atoms with E-state index in [0.29, 0.717) is 26.3 Å². The number of benzene rings is 2. The summed E-state index contributed by atoms with van der Waals surface area (Å²) in [5, 5.41) is 10.6. The molecule has 30 heavy (non-hydrogen) atoms. The van der Waals surface area contributed by atoms with Crippen molar-refractivity contribution in [3.63, 3.8) is 0 Å². The predicted molar refractivity (Wildman–Crippen MR) is 118 cm³/mol. The van der Waals surface area contributed by atoms with Crippen LogP contribution in [0.5, 0.6) is 11.5 Å². The van der Waals surface area contributed by atoms with Gasteiger partial charge in [-0.3, -0.25) is 4.90 Å². The van der Waals surface area contributed by atoms with Gasteiger partial charge in [-0.1, -0.05) is 36.4 Å². The summed E-state index contributed by atoms with van der Waals surface area (Å²) in [5.74, 6) is 1.57. The molecule has 4 rings (SSSR count). The zero-order valence-corrected chi connectivity index (χ0v) is 17.9. The number of aliphatic hydroxyl groups excluding tert-OH is 1. The Morgan fingerprint density at radius 2 is 1.83 bits per heavy atom. The maximum Gasteiger partial charge on any atom is 0.231 e. The van der Waals surface area contributed by atoms with E-state index < -0.39 is 6.10 Å². The minimum absolute atomic E-state index is 0.272. The van der Waals surface area contributed by atoms with E-state index in [-0.39, 0.29) is 6.79 Å². The van der Waals surface area contributed by atoms with Crippen molar-refractivity contribution in [2.24, 2.45) is 0 Å². The molecule has 1 aromatic heterocycles. The van der Waals surface area contributed by atoms with Gasteiger partial charge in [0.05, 0.1) is 19.3 Å². The molecule has 158 valence electrons. The molecule has 6 heteroatoms. The lowest BCUT2D eigenvalue weighted by Gasteiger charge is -2.25. The fourth-order valence-corrected chi connectivity index (χ4v) is 4.44. The maximum absolute atomic E-state index is 10.6. The average Bonchev–Trinajstić information content (AvgIpc) is 3.37. The van der Waals surface area contributed by atoms with Crippen molar-refractivity contribution in [3.05, 3.63) is 81.5 Å². The van der Waals surface area contributed by atoms with E-state index in [4.69, 9.17) is 14.2 Å². The van der Waals surface area contributed by atoms with Crippen molar-refractivity contribution < 1.29 is 19.3 Å². The topological polar surface area (TPSA) is 51.2 Å². The Labute approximate surface area is 181 Å². The highest BCUT2D eigenvalue weighted by atomic mass is 32.1. The number of nitrogens with zero attached hydrogens (tertiary/aromatic N) is 1. The predicted octanol–water partition coefficient (Wildman–Crippen LogP) is 4.37. The molecule has 0 bridgehead atoms. The summed E-state index contributed by atoms with van der Waals surface area (Å²) < 4.78 is 16.7. The largest absolute Gasteiger partial charge is 0.454 e. The van der Waals surface area contributed by atoms with Crippen LogP contribution in [0.3, 0.4) is 0 Å². The second kappa shape index (κ2) is 10.1. The van der Waals surface area contributed by atoms with Gasteiger partial charge in [-0.2, -0.15) is 0 Å². The molecule has 1 atom stereocenters. The summed E-state index contributed by atoms with van der Waals surface area (Å²) in [6, 6.07) is 20.3. The Morgan fingerprint density at radius 3 is 2.63 bits per heavy atom. The number of aryl methyl sites for hydroxylation is 1. The zero-order valence-electron chi connectivity index (χ0n) is 17.1. The van der Waals surface area contributed by atoms with Gasteiger partial charge in [-0.25, -0.2) is 0 Å². The van der Waals surface area contributed by atoms with Gasteiger partial charge < -0.3 is 19.3 Å². The summed E-state index contributed by atoms with van der Waals surface area (Å²) in [4.78, 5) is 4.82. The zero-order chi connectivity index (χ0) is 20.8. The standard InChI is InChI=1S/C24H27NO4S/c1-18-7-9-22(30-18)14-25(12-20-8-10-23-24(11-20)29-17-28-23)13-21(26)16-27-15-19-5-3-2-4-6-19/h2-11,21,26H,12-17H2,1H3. The molecule has 1 N–H and O–H groups in total. The highest BCUT2D eigenvalue weighted by Gasteiger charge is 2.17. The highest BCUT2D eigenvalue weighted by Crippen LogP contribution is 2.33. The normalized spacial score (nSPS) is 13.7. The molecule has 1 aliphatic heterocycles. The number of ether oxygens (including phenoxy) is 3. The summed E-state index contributed by atoms with van der Waals surface area (Å²) in [6.07, 6.45) is -0.566. The first-order valence-electron chi connectivity index (χ1n) is 10.1. The minimum atomic E-state index is -0.566. The Morgan fingerprint density at radius 1 is 1.00 bits per heavy atom. The van der Waals surface area contributed by atoms with E-state index in [0.717, 1.165) is 29.2 Å². The number of thiophene rings is 1. The van der Waals surface area contributed by atoms with Crippen LogP contribution in [0.4, 0.5) is 0 Å². The van der Waals surface area contributed by atoms with Crippen LogP contribution >= 0.6 is 11.3 Å². The third-order valence-electron chi connectivity index (χ3n) is 4.91.